The SMILES string of the molecule is NC(=O)c1cc(N2CCC(NC(=O)O)C2)cnc1Oc1ccc(Oc2ccccc2)cc1. The van der Waals surface area contributed by atoms with Gasteiger partial charge in [-0.2, -0.15) is 0 Å². The largest absolute Gasteiger partial charge is 0.465 e. The summed E-state index contributed by atoms with van der Waals surface area (Å²) < 4.78 is 11.5. The van der Waals surface area contributed by atoms with E-state index in [1.54, 1.807) is 36.5 Å². The molecule has 1 saturated heterocycles. The number of rotatable bonds is 7. The molecule has 3 aromatic rings. The summed E-state index contributed by atoms with van der Waals surface area (Å²) in [5.74, 6) is 1.26. The fourth-order valence-electron chi connectivity index (χ4n) is 3.47. The number of nitrogens with zero attached hydrogens (tertiary/aromatic N) is 2. The molecule has 0 bridgehead atoms. The lowest BCUT2D eigenvalue weighted by atomic mass is 10.2. The standard InChI is InChI=1S/C23H22N4O5/c24-21(28)20-12-16(27-11-10-15(14-27)26-23(29)30)13-25-22(20)32-19-8-6-18(7-9-19)31-17-4-2-1-3-5-17/h1-9,12-13,15,26H,10-11,14H2,(H2,24,28)(H,29,30). The molecule has 1 fully saturated rings. The molecule has 2 aromatic carbocycles. The normalized spacial score (nSPS) is 15.2. The smallest absolute Gasteiger partial charge is 0.404 e. The summed E-state index contributed by atoms with van der Waals surface area (Å²) in [4.78, 5) is 29.1. The lowest BCUT2D eigenvalue weighted by molar-refractivity contribution is 0.0997. The van der Waals surface area contributed by atoms with E-state index in [0.717, 1.165) is 5.75 Å². The Morgan fingerprint density at radius 1 is 1.03 bits per heavy atom. The van der Waals surface area contributed by atoms with Gasteiger partial charge < -0.3 is 30.5 Å². The number of para-hydroxylation sites is 1. The van der Waals surface area contributed by atoms with E-state index in [0.29, 0.717) is 36.7 Å². The van der Waals surface area contributed by atoms with Crippen LogP contribution < -0.4 is 25.4 Å². The van der Waals surface area contributed by atoms with Crippen LogP contribution in [0.15, 0.2) is 66.9 Å². The van der Waals surface area contributed by atoms with Gasteiger partial charge in [-0.05, 0) is 48.9 Å². The Balaban J connectivity index is 1.46. The van der Waals surface area contributed by atoms with Crippen LogP contribution in [0.1, 0.15) is 16.8 Å². The first-order chi connectivity index (χ1) is 15.5. The van der Waals surface area contributed by atoms with Gasteiger partial charge in [-0.1, -0.05) is 18.2 Å². The first kappa shape index (κ1) is 21.0. The number of primary amides is 1. The highest BCUT2D eigenvalue weighted by Gasteiger charge is 2.25. The zero-order valence-corrected chi connectivity index (χ0v) is 17.1. The van der Waals surface area contributed by atoms with Gasteiger partial charge in [-0.15, -0.1) is 0 Å². The molecule has 0 saturated carbocycles. The Morgan fingerprint density at radius 3 is 2.34 bits per heavy atom. The molecule has 4 rings (SSSR count). The van der Waals surface area contributed by atoms with Gasteiger partial charge in [0.05, 0.1) is 17.9 Å². The summed E-state index contributed by atoms with van der Waals surface area (Å²) in [5, 5.41) is 11.4. The Labute approximate surface area is 184 Å². The summed E-state index contributed by atoms with van der Waals surface area (Å²) in [5.41, 5.74) is 6.37. The maximum absolute atomic E-state index is 12.0. The second-order valence-corrected chi connectivity index (χ2v) is 7.28. The summed E-state index contributed by atoms with van der Waals surface area (Å²) in [6.45, 7) is 1.11. The van der Waals surface area contributed by atoms with E-state index >= 15 is 0 Å². The van der Waals surface area contributed by atoms with Crippen LogP contribution in [0.5, 0.6) is 23.1 Å². The topological polar surface area (TPSA) is 127 Å². The number of carbonyl (C=O) groups excluding carboxylic acids is 1. The van der Waals surface area contributed by atoms with E-state index in [1.165, 1.54) is 0 Å². The molecule has 2 heterocycles. The number of benzene rings is 2. The number of carbonyl (C=O) groups is 2. The third-order valence-electron chi connectivity index (χ3n) is 5.00. The molecule has 32 heavy (non-hydrogen) atoms. The number of aromatic nitrogens is 1. The molecule has 0 aliphatic carbocycles. The number of amides is 2. The zero-order valence-electron chi connectivity index (χ0n) is 17.1. The predicted molar refractivity (Wildman–Crippen MR) is 118 cm³/mol. The van der Waals surface area contributed by atoms with Crippen molar-refractivity contribution in [1.82, 2.24) is 10.3 Å². The minimum atomic E-state index is -1.06. The van der Waals surface area contributed by atoms with Crippen LogP contribution in [0, 0.1) is 0 Å². The Hall–Kier alpha value is -4.27. The zero-order chi connectivity index (χ0) is 22.5. The van der Waals surface area contributed by atoms with Crippen molar-refractivity contribution in [2.75, 3.05) is 18.0 Å². The number of carboxylic acid groups (broad SMARTS) is 1. The first-order valence-corrected chi connectivity index (χ1v) is 10.0. The molecule has 1 unspecified atom stereocenters. The highest BCUT2D eigenvalue weighted by atomic mass is 16.5. The van der Waals surface area contributed by atoms with E-state index in [-0.39, 0.29) is 17.5 Å². The van der Waals surface area contributed by atoms with E-state index in [9.17, 15) is 9.59 Å². The number of pyridine rings is 1. The molecule has 0 spiro atoms. The monoisotopic (exact) mass is 434 g/mol. The quantitative estimate of drug-likeness (QED) is 0.518. The Kier molecular flexibility index (Phi) is 6.07. The molecular formula is C23H22N4O5. The number of nitrogens with two attached hydrogens (primary N) is 1. The maximum atomic E-state index is 12.0. The Bertz CT molecular complexity index is 1110. The van der Waals surface area contributed by atoms with E-state index in [1.807, 2.05) is 35.2 Å². The summed E-state index contributed by atoms with van der Waals surface area (Å²) in [6.07, 6.45) is 1.18. The van der Waals surface area contributed by atoms with Crippen molar-refractivity contribution in [3.05, 3.63) is 72.4 Å². The molecule has 1 aliphatic heterocycles. The van der Waals surface area contributed by atoms with Gasteiger partial charge >= 0.3 is 6.09 Å². The van der Waals surface area contributed by atoms with Gasteiger partial charge in [0, 0.05) is 13.1 Å². The van der Waals surface area contributed by atoms with E-state index in [2.05, 4.69) is 10.3 Å². The number of hydrogen-bond acceptors (Lipinski definition) is 6. The highest BCUT2D eigenvalue weighted by Crippen LogP contribution is 2.30. The van der Waals surface area contributed by atoms with Crippen LogP contribution in [0.4, 0.5) is 10.5 Å². The summed E-state index contributed by atoms with van der Waals surface area (Å²) >= 11 is 0. The Morgan fingerprint density at radius 2 is 1.69 bits per heavy atom. The molecular weight excluding hydrogens is 412 g/mol. The molecule has 1 aromatic heterocycles. The molecule has 9 heteroatoms. The van der Waals surface area contributed by atoms with Crippen molar-refractivity contribution < 1.29 is 24.2 Å². The average molecular weight is 434 g/mol. The summed E-state index contributed by atoms with van der Waals surface area (Å²) in [7, 11) is 0. The summed E-state index contributed by atoms with van der Waals surface area (Å²) in [6, 6.07) is 17.7. The van der Waals surface area contributed by atoms with Crippen molar-refractivity contribution in [2.45, 2.75) is 12.5 Å². The molecule has 9 nitrogen and oxygen atoms in total. The van der Waals surface area contributed by atoms with E-state index < -0.39 is 12.0 Å². The van der Waals surface area contributed by atoms with Gasteiger partial charge in [0.25, 0.3) is 5.91 Å². The van der Waals surface area contributed by atoms with Gasteiger partial charge in [-0.3, -0.25) is 4.79 Å². The molecule has 0 radical (unpaired) electrons. The minimum absolute atomic E-state index is 0.0948. The molecule has 1 aliphatic rings. The van der Waals surface area contributed by atoms with Crippen molar-refractivity contribution in [3.63, 3.8) is 0 Å². The van der Waals surface area contributed by atoms with Crippen molar-refractivity contribution in [2.24, 2.45) is 5.73 Å². The average Bonchev–Trinajstić information content (AvgIpc) is 3.24. The maximum Gasteiger partial charge on any atom is 0.404 e. The second-order valence-electron chi connectivity index (χ2n) is 7.28. The first-order valence-electron chi connectivity index (χ1n) is 10.0. The van der Waals surface area contributed by atoms with Gasteiger partial charge in [0.2, 0.25) is 5.88 Å². The van der Waals surface area contributed by atoms with E-state index in [4.69, 9.17) is 20.3 Å². The van der Waals surface area contributed by atoms with Gasteiger partial charge in [0.15, 0.2) is 0 Å². The number of ether oxygens (including phenoxy) is 2. The predicted octanol–water partition coefficient (Wildman–Crippen LogP) is 3.61. The fourth-order valence-corrected chi connectivity index (χ4v) is 3.47. The third kappa shape index (κ3) is 5.07. The van der Waals surface area contributed by atoms with Crippen LogP contribution >= 0.6 is 0 Å². The number of nitrogens with one attached hydrogen (secondary N) is 1. The fraction of sp³-hybridized carbons (Fsp3) is 0.174. The van der Waals surface area contributed by atoms with Crippen LogP contribution in [0.25, 0.3) is 0 Å². The van der Waals surface area contributed by atoms with Crippen LogP contribution in [-0.4, -0.2) is 41.2 Å². The van der Waals surface area contributed by atoms with Crippen molar-refractivity contribution in [1.29, 1.82) is 0 Å². The lowest BCUT2D eigenvalue weighted by Crippen LogP contribution is -2.36. The molecule has 2 amide bonds. The highest BCUT2D eigenvalue weighted by molar-refractivity contribution is 5.96. The van der Waals surface area contributed by atoms with Gasteiger partial charge in [-0.25, -0.2) is 9.78 Å². The molecule has 4 N–H and O–H groups in total. The number of anilines is 1. The number of hydrogen-bond donors (Lipinski definition) is 3. The lowest BCUT2D eigenvalue weighted by Gasteiger charge is -2.19. The van der Waals surface area contributed by atoms with Gasteiger partial charge in [0.1, 0.15) is 22.8 Å². The van der Waals surface area contributed by atoms with Crippen molar-refractivity contribution >= 4 is 17.7 Å². The molecule has 164 valence electrons. The third-order valence-corrected chi connectivity index (χ3v) is 5.00. The van der Waals surface area contributed by atoms with Crippen molar-refractivity contribution in [3.8, 4) is 23.1 Å². The minimum Gasteiger partial charge on any atom is -0.465 e. The van der Waals surface area contributed by atoms with Crippen LogP contribution in [0.3, 0.4) is 0 Å². The van der Waals surface area contributed by atoms with Crippen LogP contribution in [-0.2, 0) is 0 Å². The molecule has 1 atom stereocenters. The second kappa shape index (κ2) is 9.25. The van der Waals surface area contributed by atoms with Crippen LogP contribution in [0.2, 0.25) is 0 Å².